The number of fused-ring (bicyclic) bond motifs is 1. The van der Waals surface area contributed by atoms with E-state index in [0.717, 1.165) is 17.1 Å². The van der Waals surface area contributed by atoms with Gasteiger partial charge in [0, 0.05) is 29.6 Å². The van der Waals surface area contributed by atoms with Gasteiger partial charge in [-0.3, -0.25) is 4.79 Å². The number of nitrogens with one attached hydrogen (secondary N) is 1. The van der Waals surface area contributed by atoms with Crippen LogP contribution in [0, 0.1) is 6.92 Å². The molecule has 1 aromatic heterocycles. The lowest BCUT2D eigenvalue weighted by Gasteiger charge is -2.09. The SMILES string of the molecule is Cc1nc(/C=C/C(=O)Nc2ccc3c(c2)OCCCO3)cs1. The second-order valence-electron chi connectivity index (χ2n) is 4.83. The number of carbonyl (C=O) groups excluding carboxylic acids is 1. The van der Waals surface area contributed by atoms with Gasteiger partial charge in [-0.1, -0.05) is 0 Å². The number of rotatable bonds is 3. The molecule has 0 radical (unpaired) electrons. The summed E-state index contributed by atoms with van der Waals surface area (Å²) in [6.07, 6.45) is 4.02. The van der Waals surface area contributed by atoms with Crippen LogP contribution < -0.4 is 14.8 Å². The third kappa shape index (κ3) is 3.65. The van der Waals surface area contributed by atoms with Gasteiger partial charge in [-0.25, -0.2) is 4.98 Å². The van der Waals surface area contributed by atoms with Gasteiger partial charge in [-0.05, 0) is 25.1 Å². The van der Waals surface area contributed by atoms with E-state index in [1.807, 2.05) is 18.4 Å². The Balaban J connectivity index is 1.66. The molecule has 5 nitrogen and oxygen atoms in total. The quantitative estimate of drug-likeness (QED) is 0.883. The number of hydrogen-bond donors (Lipinski definition) is 1. The number of benzene rings is 1. The molecule has 2 heterocycles. The molecule has 0 bridgehead atoms. The molecule has 22 heavy (non-hydrogen) atoms. The van der Waals surface area contributed by atoms with Crippen molar-refractivity contribution >= 4 is 29.0 Å². The van der Waals surface area contributed by atoms with Gasteiger partial charge in [0.15, 0.2) is 11.5 Å². The number of hydrogen-bond acceptors (Lipinski definition) is 5. The number of amides is 1. The molecule has 0 aliphatic carbocycles. The zero-order valence-corrected chi connectivity index (χ0v) is 13.0. The normalized spacial score (nSPS) is 13.9. The van der Waals surface area contributed by atoms with Crippen LogP contribution in [0.4, 0.5) is 5.69 Å². The van der Waals surface area contributed by atoms with E-state index in [9.17, 15) is 4.79 Å². The largest absolute Gasteiger partial charge is 0.490 e. The molecule has 0 fully saturated rings. The molecule has 0 atom stereocenters. The molecule has 1 amide bonds. The third-order valence-corrected chi connectivity index (χ3v) is 3.85. The highest BCUT2D eigenvalue weighted by Gasteiger charge is 2.11. The standard InChI is InChI=1S/C16H16N2O3S/c1-11-17-13(10-22-11)4-6-16(19)18-12-3-5-14-15(9-12)21-8-2-7-20-14/h3-6,9-10H,2,7-8H2,1H3,(H,18,19)/b6-4+. The maximum Gasteiger partial charge on any atom is 0.248 e. The molecular weight excluding hydrogens is 300 g/mol. The van der Waals surface area contributed by atoms with Crippen LogP contribution in [0.5, 0.6) is 11.5 Å². The highest BCUT2D eigenvalue weighted by Crippen LogP contribution is 2.32. The highest BCUT2D eigenvalue weighted by molar-refractivity contribution is 7.09. The van der Waals surface area contributed by atoms with Crippen LogP contribution in [-0.2, 0) is 4.79 Å². The van der Waals surface area contributed by atoms with E-state index in [-0.39, 0.29) is 5.91 Å². The summed E-state index contributed by atoms with van der Waals surface area (Å²) in [4.78, 5) is 16.2. The lowest BCUT2D eigenvalue weighted by molar-refractivity contribution is -0.111. The summed E-state index contributed by atoms with van der Waals surface area (Å²) in [5.74, 6) is 1.17. The van der Waals surface area contributed by atoms with Gasteiger partial charge in [0.2, 0.25) is 5.91 Å². The van der Waals surface area contributed by atoms with Crippen LogP contribution in [0.2, 0.25) is 0 Å². The monoisotopic (exact) mass is 316 g/mol. The highest BCUT2D eigenvalue weighted by atomic mass is 32.1. The van der Waals surface area contributed by atoms with Gasteiger partial charge < -0.3 is 14.8 Å². The first-order valence-corrected chi connectivity index (χ1v) is 7.89. The number of nitrogens with zero attached hydrogens (tertiary/aromatic N) is 1. The average Bonchev–Trinajstić information content (AvgIpc) is 2.78. The van der Waals surface area contributed by atoms with Gasteiger partial charge in [0.25, 0.3) is 0 Å². The summed E-state index contributed by atoms with van der Waals surface area (Å²) in [5, 5.41) is 5.69. The Morgan fingerprint density at radius 3 is 2.91 bits per heavy atom. The molecule has 0 spiro atoms. The van der Waals surface area contributed by atoms with Crippen LogP contribution in [0.15, 0.2) is 29.7 Å². The van der Waals surface area contributed by atoms with E-state index in [4.69, 9.17) is 9.47 Å². The second-order valence-corrected chi connectivity index (χ2v) is 5.89. The third-order valence-electron chi connectivity index (χ3n) is 3.06. The molecule has 1 aromatic carbocycles. The summed E-state index contributed by atoms with van der Waals surface area (Å²) >= 11 is 1.55. The molecule has 1 aliphatic heterocycles. The first-order chi connectivity index (χ1) is 10.7. The molecule has 1 aliphatic rings. The predicted octanol–water partition coefficient (Wildman–Crippen LogP) is 3.26. The lowest BCUT2D eigenvalue weighted by atomic mass is 10.2. The summed E-state index contributed by atoms with van der Waals surface area (Å²) in [6, 6.07) is 5.38. The number of ether oxygens (including phenoxy) is 2. The Hall–Kier alpha value is -2.34. The van der Waals surface area contributed by atoms with E-state index < -0.39 is 0 Å². The van der Waals surface area contributed by atoms with Crippen molar-refractivity contribution in [3.63, 3.8) is 0 Å². The molecule has 2 aromatic rings. The number of aromatic nitrogens is 1. The molecule has 6 heteroatoms. The van der Waals surface area contributed by atoms with Gasteiger partial charge in [0.1, 0.15) is 0 Å². The zero-order chi connectivity index (χ0) is 15.4. The number of carbonyl (C=O) groups is 1. The van der Waals surface area contributed by atoms with Crippen LogP contribution in [0.3, 0.4) is 0 Å². The summed E-state index contributed by atoms with van der Waals surface area (Å²) in [6.45, 7) is 3.20. The van der Waals surface area contributed by atoms with E-state index in [0.29, 0.717) is 30.4 Å². The molecule has 1 N–H and O–H groups in total. The minimum absolute atomic E-state index is 0.208. The zero-order valence-electron chi connectivity index (χ0n) is 12.2. The van der Waals surface area contributed by atoms with Crippen molar-refractivity contribution in [2.75, 3.05) is 18.5 Å². The van der Waals surface area contributed by atoms with Gasteiger partial charge in [-0.2, -0.15) is 0 Å². The van der Waals surface area contributed by atoms with Crippen molar-refractivity contribution < 1.29 is 14.3 Å². The minimum atomic E-state index is -0.208. The summed E-state index contributed by atoms with van der Waals surface area (Å²) < 4.78 is 11.2. The van der Waals surface area contributed by atoms with Crippen molar-refractivity contribution in [2.45, 2.75) is 13.3 Å². The molecule has 114 valence electrons. The molecule has 0 saturated heterocycles. The molecular formula is C16H16N2O3S. The summed E-state index contributed by atoms with van der Waals surface area (Å²) in [7, 11) is 0. The number of anilines is 1. The maximum absolute atomic E-state index is 11.9. The Morgan fingerprint density at radius 1 is 1.32 bits per heavy atom. The summed E-state index contributed by atoms with van der Waals surface area (Å²) in [5.41, 5.74) is 1.46. The maximum atomic E-state index is 11.9. The second kappa shape index (κ2) is 6.62. The molecule has 0 saturated carbocycles. The minimum Gasteiger partial charge on any atom is -0.490 e. The van der Waals surface area contributed by atoms with E-state index >= 15 is 0 Å². The predicted molar refractivity (Wildman–Crippen MR) is 86.6 cm³/mol. The Labute approximate surface area is 132 Å². The van der Waals surface area contributed by atoms with Crippen LogP contribution in [0.1, 0.15) is 17.1 Å². The van der Waals surface area contributed by atoms with Crippen LogP contribution in [-0.4, -0.2) is 24.1 Å². The van der Waals surface area contributed by atoms with Crippen LogP contribution >= 0.6 is 11.3 Å². The first-order valence-electron chi connectivity index (χ1n) is 7.01. The number of thiazole rings is 1. The van der Waals surface area contributed by atoms with E-state index in [1.165, 1.54) is 6.08 Å². The van der Waals surface area contributed by atoms with Crippen molar-refractivity contribution in [1.82, 2.24) is 4.98 Å². The van der Waals surface area contributed by atoms with Gasteiger partial charge >= 0.3 is 0 Å². The fourth-order valence-corrected chi connectivity index (χ4v) is 2.62. The van der Waals surface area contributed by atoms with Crippen molar-refractivity contribution in [2.24, 2.45) is 0 Å². The molecule has 0 unspecified atom stereocenters. The molecule has 3 rings (SSSR count). The van der Waals surface area contributed by atoms with Crippen molar-refractivity contribution in [1.29, 1.82) is 0 Å². The van der Waals surface area contributed by atoms with Gasteiger partial charge in [0.05, 0.1) is 23.9 Å². The number of aryl methyl sites for hydroxylation is 1. The van der Waals surface area contributed by atoms with Crippen LogP contribution in [0.25, 0.3) is 6.08 Å². The Morgan fingerprint density at radius 2 is 2.14 bits per heavy atom. The van der Waals surface area contributed by atoms with Crippen molar-refractivity contribution in [3.8, 4) is 11.5 Å². The smallest absolute Gasteiger partial charge is 0.248 e. The lowest BCUT2D eigenvalue weighted by Crippen LogP contribution is -2.08. The van der Waals surface area contributed by atoms with Crippen molar-refractivity contribution in [3.05, 3.63) is 40.4 Å². The van der Waals surface area contributed by atoms with E-state index in [1.54, 1.807) is 29.5 Å². The Kier molecular flexibility index (Phi) is 4.39. The fourth-order valence-electron chi connectivity index (χ4n) is 2.04. The Bertz CT molecular complexity index is 709. The van der Waals surface area contributed by atoms with Gasteiger partial charge in [-0.15, -0.1) is 11.3 Å². The first kappa shape index (κ1) is 14.6. The van der Waals surface area contributed by atoms with E-state index in [2.05, 4.69) is 10.3 Å². The topological polar surface area (TPSA) is 60.5 Å². The average molecular weight is 316 g/mol. The fraction of sp³-hybridized carbons (Fsp3) is 0.250.